The molecule has 0 heterocycles. The van der Waals surface area contributed by atoms with Gasteiger partial charge in [0, 0.05) is 24.1 Å². The molecule has 2 amide bonds. The van der Waals surface area contributed by atoms with Crippen LogP contribution in [0.2, 0.25) is 0 Å². The summed E-state index contributed by atoms with van der Waals surface area (Å²) in [6.45, 7) is 4.55. The van der Waals surface area contributed by atoms with Crippen LogP contribution < -0.4 is 20.1 Å². The number of aliphatic carboxylic acids is 1. The lowest BCUT2D eigenvalue weighted by atomic mass is 10.0. The molecule has 222 valence electrons. The topological polar surface area (TPSA) is 131 Å². The molecule has 0 bridgehead atoms. The molecular weight excluding hydrogens is 536 g/mol. The van der Waals surface area contributed by atoms with Gasteiger partial charge in [-0.1, -0.05) is 51.7 Å². The molecule has 9 heteroatoms. The molecule has 3 N–H and O–H groups in total. The third-order valence-electron chi connectivity index (χ3n) is 6.54. The minimum absolute atomic E-state index is 0.0278. The van der Waals surface area contributed by atoms with E-state index in [0.717, 1.165) is 12.8 Å². The first-order valence-corrected chi connectivity index (χ1v) is 14.3. The number of esters is 1. The van der Waals surface area contributed by atoms with Gasteiger partial charge >= 0.3 is 11.9 Å². The molecule has 0 unspecified atom stereocenters. The fourth-order valence-corrected chi connectivity index (χ4v) is 4.07. The fourth-order valence-electron chi connectivity index (χ4n) is 4.07. The average Bonchev–Trinajstić information content (AvgIpc) is 3.00. The molecule has 3 aromatic rings. The lowest BCUT2D eigenvalue weighted by Gasteiger charge is -2.15. The zero-order chi connectivity index (χ0) is 30.3. The first-order chi connectivity index (χ1) is 20.3. The van der Waals surface area contributed by atoms with E-state index in [9.17, 15) is 24.3 Å². The number of hydrogen-bond donors (Lipinski definition) is 3. The lowest BCUT2D eigenvalue weighted by Crippen LogP contribution is -2.42. The van der Waals surface area contributed by atoms with Gasteiger partial charge in [-0.15, -0.1) is 0 Å². The van der Waals surface area contributed by atoms with Crippen LogP contribution in [0.1, 0.15) is 78.7 Å². The summed E-state index contributed by atoms with van der Waals surface area (Å²) in [5.74, 6) is -1.41. The van der Waals surface area contributed by atoms with Crippen molar-refractivity contribution in [1.29, 1.82) is 0 Å². The van der Waals surface area contributed by atoms with Gasteiger partial charge in [-0.25, -0.2) is 9.59 Å². The number of nitrogens with one attached hydrogen (secondary N) is 2. The monoisotopic (exact) mass is 574 g/mol. The average molecular weight is 575 g/mol. The minimum atomic E-state index is -1.19. The summed E-state index contributed by atoms with van der Waals surface area (Å²) in [6.07, 6.45) is 6.14. The Balaban J connectivity index is 1.50. The van der Waals surface area contributed by atoms with Crippen LogP contribution >= 0.6 is 0 Å². The van der Waals surface area contributed by atoms with E-state index < -0.39 is 23.9 Å². The van der Waals surface area contributed by atoms with Crippen molar-refractivity contribution in [2.45, 2.75) is 64.8 Å². The van der Waals surface area contributed by atoms with Gasteiger partial charge in [0.05, 0.1) is 12.2 Å². The number of unbranched alkanes of at least 4 members (excludes halogenated alkanes) is 4. The summed E-state index contributed by atoms with van der Waals surface area (Å²) in [7, 11) is 0. The lowest BCUT2D eigenvalue weighted by molar-refractivity contribution is -0.139. The van der Waals surface area contributed by atoms with Crippen molar-refractivity contribution in [1.82, 2.24) is 5.32 Å². The third kappa shape index (κ3) is 10.4. The first kappa shape index (κ1) is 31.9. The molecule has 0 radical (unpaired) electrons. The largest absolute Gasteiger partial charge is 0.494 e. The second-order valence-electron chi connectivity index (χ2n) is 9.87. The number of carboxylic acid groups (broad SMARTS) is 1. The molecule has 1 atom stereocenters. The number of carbonyl (C=O) groups excluding carboxylic acids is 3. The summed E-state index contributed by atoms with van der Waals surface area (Å²) in [6, 6.07) is 18.2. The predicted molar refractivity (Wildman–Crippen MR) is 160 cm³/mol. The molecule has 42 heavy (non-hydrogen) atoms. The highest BCUT2D eigenvalue weighted by molar-refractivity contribution is 5.97. The van der Waals surface area contributed by atoms with Crippen molar-refractivity contribution in [2.24, 2.45) is 0 Å². The van der Waals surface area contributed by atoms with Gasteiger partial charge in [0.2, 0.25) is 5.91 Å². The van der Waals surface area contributed by atoms with Crippen LogP contribution in [0.5, 0.6) is 11.5 Å². The maximum atomic E-state index is 12.6. The molecule has 0 aliphatic carbocycles. The highest BCUT2D eigenvalue weighted by Gasteiger charge is 2.21. The van der Waals surface area contributed by atoms with E-state index in [4.69, 9.17) is 9.47 Å². The van der Waals surface area contributed by atoms with Crippen molar-refractivity contribution in [3.63, 3.8) is 0 Å². The second-order valence-corrected chi connectivity index (χ2v) is 9.87. The van der Waals surface area contributed by atoms with Gasteiger partial charge in [0.1, 0.15) is 17.5 Å². The number of hydrogen-bond acceptors (Lipinski definition) is 6. The Morgan fingerprint density at radius 3 is 2.00 bits per heavy atom. The highest BCUT2D eigenvalue weighted by Crippen LogP contribution is 2.18. The van der Waals surface area contributed by atoms with Gasteiger partial charge in [0.15, 0.2) is 0 Å². The van der Waals surface area contributed by atoms with E-state index in [0.29, 0.717) is 41.3 Å². The smallest absolute Gasteiger partial charge is 0.343 e. The molecule has 3 rings (SSSR count). The molecule has 9 nitrogen and oxygen atoms in total. The molecule has 0 aliphatic heterocycles. The molecule has 3 aromatic carbocycles. The second kappa shape index (κ2) is 16.6. The van der Waals surface area contributed by atoms with E-state index in [1.165, 1.54) is 31.4 Å². The Morgan fingerprint density at radius 2 is 1.38 bits per heavy atom. The van der Waals surface area contributed by atoms with Gasteiger partial charge < -0.3 is 25.2 Å². The van der Waals surface area contributed by atoms with E-state index in [-0.39, 0.29) is 17.9 Å². The van der Waals surface area contributed by atoms with Crippen molar-refractivity contribution >= 4 is 29.4 Å². The van der Waals surface area contributed by atoms with Crippen molar-refractivity contribution in [3.05, 3.63) is 89.5 Å². The van der Waals surface area contributed by atoms with Crippen LogP contribution in [-0.2, 0) is 16.0 Å². The minimum Gasteiger partial charge on any atom is -0.494 e. The number of rotatable bonds is 16. The first-order valence-electron chi connectivity index (χ1n) is 14.3. The summed E-state index contributed by atoms with van der Waals surface area (Å²) in [4.78, 5) is 48.6. The van der Waals surface area contributed by atoms with Crippen LogP contribution in [0.4, 0.5) is 5.69 Å². The van der Waals surface area contributed by atoms with Crippen molar-refractivity contribution < 1.29 is 33.8 Å². The summed E-state index contributed by atoms with van der Waals surface area (Å²) in [5.41, 5.74) is 1.82. The van der Waals surface area contributed by atoms with Crippen LogP contribution in [0.3, 0.4) is 0 Å². The number of anilines is 1. The summed E-state index contributed by atoms with van der Waals surface area (Å²) in [5, 5.41) is 14.9. The van der Waals surface area contributed by atoms with Crippen LogP contribution in [-0.4, -0.2) is 41.5 Å². The van der Waals surface area contributed by atoms with Crippen LogP contribution in [0.15, 0.2) is 72.8 Å². The SMILES string of the molecule is CCCCCCCOc1ccc(C(=O)Oc2ccc(C[C@H](NC(=O)c3ccc(NC(=O)CC)cc3)C(=O)O)cc2)cc1. The van der Waals surface area contributed by atoms with Gasteiger partial charge in [0.25, 0.3) is 5.91 Å². The van der Waals surface area contributed by atoms with Crippen molar-refractivity contribution in [2.75, 3.05) is 11.9 Å². The van der Waals surface area contributed by atoms with Crippen LogP contribution in [0.25, 0.3) is 0 Å². The maximum Gasteiger partial charge on any atom is 0.343 e. The molecule has 0 aromatic heterocycles. The number of benzene rings is 3. The van der Waals surface area contributed by atoms with Gasteiger partial charge in [-0.05, 0) is 72.6 Å². The number of amides is 2. The quantitative estimate of drug-likeness (QED) is 0.108. The molecule has 0 aliphatic rings. The highest BCUT2D eigenvalue weighted by atomic mass is 16.5. The van der Waals surface area contributed by atoms with Crippen molar-refractivity contribution in [3.8, 4) is 11.5 Å². The normalized spacial score (nSPS) is 11.3. The molecule has 0 spiro atoms. The van der Waals surface area contributed by atoms with E-state index >= 15 is 0 Å². The number of ether oxygens (including phenoxy) is 2. The van der Waals surface area contributed by atoms with Gasteiger partial charge in [-0.3, -0.25) is 9.59 Å². The van der Waals surface area contributed by atoms with E-state index in [1.807, 2.05) is 0 Å². The Morgan fingerprint density at radius 1 is 0.762 bits per heavy atom. The number of carboxylic acids is 1. The zero-order valence-corrected chi connectivity index (χ0v) is 24.1. The fraction of sp³-hybridized carbons (Fsp3) is 0.333. The summed E-state index contributed by atoms with van der Waals surface area (Å²) >= 11 is 0. The molecular formula is C33H38N2O7. The molecule has 0 fully saturated rings. The van der Waals surface area contributed by atoms with Gasteiger partial charge in [-0.2, -0.15) is 0 Å². The zero-order valence-electron chi connectivity index (χ0n) is 24.1. The standard InChI is InChI=1S/C33H38N2O7/c1-3-5-6-7-8-21-41-27-19-13-25(14-20-27)33(40)42-28-17-9-23(10-18-28)22-29(32(38)39)35-31(37)24-11-15-26(16-12-24)34-30(36)4-2/h9-20,29H,3-8,21-22H2,1-2H3,(H,34,36)(H,35,37)(H,38,39)/t29-/m0/s1. The Bertz CT molecular complexity index is 1320. The van der Waals surface area contributed by atoms with Crippen LogP contribution in [0, 0.1) is 0 Å². The Labute approximate surface area is 246 Å². The Hall–Kier alpha value is -4.66. The van der Waals surface area contributed by atoms with E-state index in [1.54, 1.807) is 67.6 Å². The summed E-state index contributed by atoms with van der Waals surface area (Å²) < 4.78 is 11.2. The molecule has 0 saturated heterocycles. The maximum absolute atomic E-state index is 12.6. The molecule has 0 saturated carbocycles. The predicted octanol–water partition coefficient (Wildman–Crippen LogP) is 6.03. The third-order valence-corrected chi connectivity index (χ3v) is 6.54. The Kier molecular flexibility index (Phi) is 12.6. The van der Waals surface area contributed by atoms with E-state index in [2.05, 4.69) is 17.6 Å². The number of carbonyl (C=O) groups is 4.